The number of aliphatic hydroxyl groups excluding tert-OH is 1. The molecule has 1 atom stereocenters. The summed E-state index contributed by atoms with van der Waals surface area (Å²) in [5.74, 6) is -2.55. The van der Waals surface area contributed by atoms with E-state index in [0.29, 0.717) is 6.07 Å². The fourth-order valence-electron chi connectivity index (χ4n) is 3.94. The maximum atomic E-state index is 13.4. The summed E-state index contributed by atoms with van der Waals surface area (Å²) in [5.41, 5.74) is 0.756. The van der Waals surface area contributed by atoms with E-state index in [1.165, 1.54) is 0 Å². The van der Waals surface area contributed by atoms with Crippen molar-refractivity contribution in [1.82, 2.24) is 5.32 Å². The predicted molar refractivity (Wildman–Crippen MR) is 111 cm³/mol. The number of hydrogen-bond acceptors (Lipinski definition) is 4. The molecule has 0 aliphatic heterocycles. The predicted octanol–water partition coefficient (Wildman–Crippen LogP) is 4.31. The average Bonchev–Trinajstić information content (AvgIpc) is 2.66. The molecule has 0 saturated heterocycles. The molecule has 8 heteroatoms. The van der Waals surface area contributed by atoms with Crippen LogP contribution < -0.4 is 5.32 Å². The highest BCUT2D eigenvalue weighted by molar-refractivity contribution is 9.10. The number of rotatable bonds is 7. The van der Waals surface area contributed by atoms with E-state index in [0.717, 1.165) is 54.3 Å². The molecule has 0 bridgehead atoms. The van der Waals surface area contributed by atoms with Gasteiger partial charge in [-0.15, -0.1) is 0 Å². The van der Waals surface area contributed by atoms with E-state index in [-0.39, 0.29) is 12.1 Å². The van der Waals surface area contributed by atoms with Gasteiger partial charge in [-0.25, -0.2) is 17.2 Å². The molecule has 158 valence electrons. The van der Waals surface area contributed by atoms with Crippen molar-refractivity contribution in [2.45, 2.75) is 48.6 Å². The molecule has 2 aromatic rings. The summed E-state index contributed by atoms with van der Waals surface area (Å²) in [6.45, 7) is 0.0591. The molecule has 0 heterocycles. The molecule has 0 radical (unpaired) electrons. The highest BCUT2D eigenvalue weighted by atomic mass is 79.9. The van der Waals surface area contributed by atoms with Crippen molar-refractivity contribution in [2.24, 2.45) is 0 Å². The Kier molecular flexibility index (Phi) is 7.09. The summed E-state index contributed by atoms with van der Waals surface area (Å²) in [5, 5.41) is 13.8. The third-order valence-corrected chi connectivity index (χ3v) is 7.64. The monoisotopic (exact) mass is 487 g/mol. The van der Waals surface area contributed by atoms with Gasteiger partial charge in [0.1, 0.15) is 11.6 Å². The molecule has 1 saturated carbocycles. The maximum absolute atomic E-state index is 13.4. The highest BCUT2D eigenvalue weighted by Crippen LogP contribution is 2.38. The van der Waals surface area contributed by atoms with Gasteiger partial charge in [0, 0.05) is 22.6 Å². The molecular formula is C21H24BrF2NO3S. The van der Waals surface area contributed by atoms with Crippen LogP contribution >= 0.6 is 15.9 Å². The number of benzene rings is 2. The van der Waals surface area contributed by atoms with E-state index < -0.39 is 38.2 Å². The number of sulfone groups is 1. The Morgan fingerprint density at radius 3 is 2.34 bits per heavy atom. The number of halogens is 3. The summed E-state index contributed by atoms with van der Waals surface area (Å²) in [6, 6.07) is 10.1. The fourth-order valence-corrected chi connectivity index (χ4v) is 5.74. The summed E-state index contributed by atoms with van der Waals surface area (Å²) in [4.78, 5) is -0.464. The van der Waals surface area contributed by atoms with Crippen LogP contribution in [0.15, 0.2) is 51.8 Å². The van der Waals surface area contributed by atoms with Crippen molar-refractivity contribution in [3.05, 3.63) is 64.1 Å². The van der Waals surface area contributed by atoms with Gasteiger partial charge >= 0.3 is 0 Å². The van der Waals surface area contributed by atoms with E-state index >= 15 is 0 Å². The van der Waals surface area contributed by atoms with Crippen LogP contribution in [-0.4, -0.2) is 31.9 Å². The molecule has 1 unspecified atom stereocenters. The second-order valence-electron chi connectivity index (χ2n) is 7.57. The molecule has 0 amide bonds. The van der Waals surface area contributed by atoms with Gasteiger partial charge in [-0.1, -0.05) is 47.3 Å². The lowest BCUT2D eigenvalue weighted by Gasteiger charge is -2.39. The van der Waals surface area contributed by atoms with Crippen LogP contribution in [0, 0.1) is 11.6 Å². The molecule has 0 aromatic heterocycles. The first-order chi connectivity index (χ1) is 13.7. The van der Waals surface area contributed by atoms with Crippen LogP contribution in [0.3, 0.4) is 0 Å². The van der Waals surface area contributed by atoms with Gasteiger partial charge in [-0.05, 0) is 42.7 Å². The van der Waals surface area contributed by atoms with Crippen LogP contribution in [0.4, 0.5) is 8.78 Å². The lowest BCUT2D eigenvalue weighted by atomic mass is 9.76. The summed E-state index contributed by atoms with van der Waals surface area (Å²) < 4.78 is 52.6. The van der Waals surface area contributed by atoms with Gasteiger partial charge in [-0.2, -0.15) is 0 Å². The number of nitrogens with one attached hydrogen (secondary N) is 1. The van der Waals surface area contributed by atoms with E-state index in [4.69, 9.17) is 0 Å². The SMILES string of the molecule is O=S(=O)(CC(O)CNC1(c2cccc(Br)c2)CCCCC1)c1cc(F)cc(F)c1. The van der Waals surface area contributed by atoms with Crippen LogP contribution in [0.1, 0.15) is 37.7 Å². The summed E-state index contributed by atoms with van der Waals surface area (Å²) in [6.07, 6.45) is 3.78. The first-order valence-electron chi connectivity index (χ1n) is 9.58. The van der Waals surface area contributed by atoms with E-state index in [9.17, 15) is 22.3 Å². The Morgan fingerprint density at radius 1 is 1.07 bits per heavy atom. The zero-order valence-electron chi connectivity index (χ0n) is 15.9. The van der Waals surface area contributed by atoms with Crippen molar-refractivity contribution in [2.75, 3.05) is 12.3 Å². The molecule has 2 N–H and O–H groups in total. The van der Waals surface area contributed by atoms with Crippen LogP contribution in [0.5, 0.6) is 0 Å². The first kappa shape index (κ1) is 22.3. The van der Waals surface area contributed by atoms with Crippen LogP contribution in [-0.2, 0) is 15.4 Å². The third kappa shape index (κ3) is 5.63. The lowest BCUT2D eigenvalue weighted by Crippen LogP contribution is -2.48. The average molecular weight is 488 g/mol. The van der Waals surface area contributed by atoms with Gasteiger partial charge in [0.05, 0.1) is 16.8 Å². The highest BCUT2D eigenvalue weighted by Gasteiger charge is 2.34. The Balaban J connectivity index is 1.72. The lowest BCUT2D eigenvalue weighted by molar-refractivity contribution is 0.154. The maximum Gasteiger partial charge on any atom is 0.181 e. The van der Waals surface area contributed by atoms with Crippen molar-refractivity contribution in [3.8, 4) is 0 Å². The normalized spacial score (nSPS) is 17.8. The molecule has 1 fully saturated rings. The minimum absolute atomic E-state index is 0.0591. The number of hydrogen-bond donors (Lipinski definition) is 2. The summed E-state index contributed by atoms with van der Waals surface area (Å²) in [7, 11) is -4.03. The van der Waals surface area contributed by atoms with Gasteiger partial charge in [0.25, 0.3) is 0 Å². The van der Waals surface area contributed by atoms with E-state index in [1.54, 1.807) is 0 Å². The third-order valence-electron chi connectivity index (χ3n) is 5.37. The zero-order chi connectivity index (χ0) is 21.1. The molecule has 29 heavy (non-hydrogen) atoms. The minimum Gasteiger partial charge on any atom is -0.391 e. The Morgan fingerprint density at radius 2 is 1.72 bits per heavy atom. The zero-order valence-corrected chi connectivity index (χ0v) is 18.3. The Labute approximate surface area is 178 Å². The standard InChI is InChI=1S/C21H24BrF2NO3S/c22-16-6-4-5-15(9-16)21(7-2-1-3-8-21)25-13-19(26)14-29(27,28)20-11-17(23)10-18(24)12-20/h4-6,9-12,19,25-26H,1-3,7-8,13-14H2. The van der Waals surface area contributed by atoms with Crippen molar-refractivity contribution in [1.29, 1.82) is 0 Å². The van der Waals surface area contributed by atoms with Gasteiger partial charge in [0.15, 0.2) is 9.84 Å². The van der Waals surface area contributed by atoms with E-state index in [1.807, 2.05) is 24.3 Å². The largest absolute Gasteiger partial charge is 0.391 e. The van der Waals surface area contributed by atoms with Gasteiger partial charge in [0.2, 0.25) is 0 Å². The second kappa shape index (κ2) is 9.20. The molecule has 3 rings (SSSR count). The Hall–Kier alpha value is -1.35. The van der Waals surface area contributed by atoms with E-state index in [2.05, 4.69) is 21.2 Å². The fraction of sp³-hybridized carbons (Fsp3) is 0.429. The van der Waals surface area contributed by atoms with Crippen LogP contribution in [0.25, 0.3) is 0 Å². The molecular weight excluding hydrogens is 464 g/mol. The van der Waals surface area contributed by atoms with Crippen LogP contribution in [0.2, 0.25) is 0 Å². The topological polar surface area (TPSA) is 66.4 Å². The molecule has 0 spiro atoms. The molecule has 1 aliphatic carbocycles. The van der Waals surface area contributed by atoms with Gasteiger partial charge in [-0.3, -0.25) is 0 Å². The quantitative estimate of drug-likeness (QED) is 0.610. The first-order valence-corrected chi connectivity index (χ1v) is 12.0. The van der Waals surface area contributed by atoms with Crippen molar-refractivity contribution < 1.29 is 22.3 Å². The second-order valence-corrected chi connectivity index (χ2v) is 10.5. The molecule has 2 aromatic carbocycles. The molecule has 4 nitrogen and oxygen atoms in total. The van der Waals surface area contributed by atoms with Crippen molar-refractivity contribution >= 4 is 25.8 Å². The Bertz CT molecular complexity index is 942. The van der Waals surface area contributed by atoms with Gasteiger partial charge < -0.3 is 10.4 Å². The minimum atomic E-state index is -4.03. The van der Waals surface area contributed by atoms with Crippen molar-refractivity contribution in [3.63, 3.8) is 0 Å². The molecule has 1 aliphatic rings. The smallest absolute Gasteiger partial charge is 0.181 e. The number of aliphatic hydroxyl groups is 1. The summed E-state index contributed by atoms with van der Waals surface area (Å²) >= 11 is 3.49.